The number of nitrogens with one attached hydrogen (secondary N) is 1. The maximum atomic E-state index is 13.5. The molecule has 1 amide bonds. The van der Waals surface area contributed by atoms with E-state index in [-0.39, 0.29) is 18.3 Å². The molecule has 0 fully saturated rings. The van der Waals surface area contributed by atoms with E-state index >= 15 is 0 Å². The molecular formula is C11H12BrFN2O2. The number of rotatable bonds is 3. The van der Waals surface area contributed by atoms with Crippen molar-refractivity contribution in [2.75, 3.05) is 37.0 Å². The van der Waals surface area contributed by atoms with Crippen LogP contribution in [0.4, 0.5) is 15.8 Å². The Labute approximate surface area is 107 Å². The van der Waals surface area contributed by atoms with Crippen molar-refractivity contribution in [3.63, 3.8) is 0 Å². The highest BCUT2D eigenvalue weighted by Crippen LogP contribution is 2.33. The number of hydrogen-bond acceptors (Lipinski definition) is 3. The Kier molecular flexibility index (Phi) is 3.63. The first-order chi connectivity index (χ1) is 8.11. The van der Waals surface area contributed by atoms with Crippen LogP contribution in [0.15, 0.2) is 16.6 Å². The minimum absolute atomic E-state index is 0.105. The zero-order valence-electron chi connectivity index (χ0n) is 9.30. The fourth-order valence-electron chi connectivity index (χ4n) is 1.75. The maximum Gasteiger partial charge on any atom is 0.243 e. The van der Waals surface area contributed by atoms with Gasteiger partial charge in [-0.05, 0) is 22.0 Å². The van der Waals surface area contributed by atoms with E-state index in [0.717, 1.165) is 0 Å². The summed E-state index contributed by atoms with van der Waals surface area (Å²) in [7, 11) is 1.59. The number of benzene rings is 1. The molecule has 1 aromatic rings. The molecule has 1 N–H and O–H groups in total. The van der Waals surface area contributed by atoms with Crippen molar-refractivity contribution in [3.8, 4) is 0 Å². The number of fused-ring (bicyclic) bond motifs is 1. The summed E-state index contributed by atoms with van der Waals surface area (Å²) in [4.78, 5) is 13.3. The van der Waals surface area contributed by atoms with Gasteiger partial charge in [-0.15, -0.1) is 0 Å². The first-order valence-corrected chi connectivity index (χ1v) is 5.94. The predicted octanol–water partition coefficient (Wildman–Crippen LogP) is 1.99. The largest absolute Gasteiger partial charge is 0.383 e. The molecule has 17 heavy (non-hydrogen) atoms. The van der Waals surface area contributed by atoms with Gasteiger partial charge in [0.15, 0.2) is 0 Å². The molecule has 0 aromatic heterocycles. The van der Waals surface area contributed by atoms with Crippen molar-refractivity contribution in [2.24, 2.45) is 0 Å². The molecule has 1 heterocycles. The number of ether oxygens (including phenoxy) is 1. The Morgan fingerprint density at radius 3 is 3.06 bits per heavy atom. The Morgan fingerprint density at radius 2 is 2.35 bits per heavy atom. The van der Waals surface area contributed by atoms with Crippen LogP contribution < -0.4 is 10.2 Å². The third kappa shape index (κ3) is 2.58. The van der Waals surface area contributed by atoms with Crippen molar-refractivity contribution >= 4 is 33.2 Å². The third-order valence-corrected chi connectivity index (χ3v) is 3.16. The second-order valence-electron chi connectivity index (χ2n) is 3.75. The van der Waals surface area contributed by atoms with Crippen molar-refractivity contribution in [3.05, 3.63) is 22.4 Å². The monoisotopic (exact) mass is 302 g/mol. The summed E-state index contributed by atoms with van der Waals surface area (Å²) in [6.45, 7) is 1.26. The van der Waals surface area contributed by atoms with E-state index in [1.807, 2.05) is 0 Å². The van der Waals surface area contributed by atoms with Crippen LogP contribution in [-0.4, -0.2) is 32.7 Å². The van der Waals surface area contributed by atoms with Crippen LogP contribution in [0.25, 0.3) is 0 Å². The molecule has 0 saturated carbocycles. The van der Waals surface area contributed by atoms with Gasteiger partial charge in [-0.2, -0.15) is 0 Å². The summed E-state index contributed by atoms with van der Waals surface area (Å²) in [6.07, 6.45) is 0. The number of carbonyl (C=O) groups excluding carboxylic acids is 1. The van der Waals surface area contributed by atoms with Gasteiger partial charge < -0.3 is 15.0 Å². The molecule has 4 nitrogen and oxygen atoms in total. The summed E-state index contributed by atoms with van der Waals surface area (Å²) >= 11 is 3.10. The fourth-order valence-corrected chi connectivity index (χ4v) is 2.09. The summed E-state index contributed by atoms with van der Waals surface area (Å²) in [5, 5.41) is 2.72. The third-order valence-electron chi connectivity index (χ3n) is 2.55. The van der Waals surface area contributed by atoms with Crippen molar-refractivity contribution in [1.29, 1.82) is 0 Å². The lowest BCUT2D eigenvalue weighted by Gasteiger charge is -2.30. The van der Waals surface area contributed by atoms with E-state index in [9.17, 15) is 9.18 Å². The van der Waals surface area contributed by atoms with E-state index in [1.165, 1.54) is 6.07 Å². The standard InChI is InChI=1S/C11H12BrFN2O2/c1-17-3-2-15-6-11(16)14-9-4-7(12)8(13)5-10(9)15/h4-5H,2-3,6H2,1H3,(H,14,16). The van der Waals surface area contributed by atoms with Gasteiger partial charge in [-0.25, -0.2) is 4.39 Å². The van der Waals surface area contributed by atoms with Gasteiger partial charge in [0.05, 0.1) is 29.0 Å². The fraction of sp³-hybridized carbons (Fsp3) is 0.364. The van der Waals surface area contributed by atoms with Crippen LogP contribution in [-0.2, 0) is 9.53 Å². The molecule has 1 aromatic carbocycles. The molecule has 0 atom stereocenters. The summed E-state index contributed by atoms with van der Waals surface area (Å²) in [5.74, 6) is -0.450. The molecule has 0 unspecified atom stereocenters. The lowest BCUT2D eigenvalue weighted by atomic mass is 10.2. The molecule has 0 aliphatic carbocycles. The van der Waals surface area contributed by atoms with Gasteiger partial charge in [-0.1, -0.05) is 0 Å². The number of halogens is 2. The van der Waals surface area contributed by atoms with Crippen molar-refractivity contribution < 1.29 is 13.9 Å². The van der Waals surface area contributed by atoms with Crippen LogP contribution in [0.3, 0.4) is 0 Å². The number of hydrogen-bond donors (Lipinski definition) is 1. The van der Waals surface area contributed by atoms with Crippen LogP contribution in [0.2, 0.25) is 0 Å². The second-order valence-corrected chi connectivity index (χ2v) is 4.60. The first kappa shape index (κ1) is 12.3. The van der Waals surface area contributed by atoms with Gasteiger partial charge in [0.1, 0.15) is 5.82 Å². The van der Waals surface area contributed by atoms with Gasteiger partial charge in [0, 0.05) is 19.7 Å². The Hall–Kier alpha value is -1.14. The number of methoxy groups -OCH3 is 1. The van der Waals surface area contributed by atoms with Crippen LogP contribution in [0.1, 0.15) is 0 Å². The summed E-state index contributed by atoms with van der Waals surface area (Å²) < 4.78 is 18.8. The molecular weight excluding hydrogens is 291 g/mol. The van der Waals surface area contributed by atoms with E-state index in [0.29, 0.717) is 29.0 Å². The zero-order chi connectivity index (χ0) is 12.4. The minimum Gasteiger partial charge on any atom is -0.383 e. The van der Waals surface area contributed by atoms with E-state index in [2.05, 4.69) is 21.2 Å². The van der Waals surface area contributed by atoms with Crippen molar-refractivity contribution in [2.45, 2.75) is 0 Å². The van der Waals surface area contributed by atoms with Gasteiger partial charge in [0.2, 0.25) is 5.91 Å². The summed E-state index contributed by atoms with van der Waals surface area (Å²) in [5.41, 5.74) is 1.30. The first-order valence-electron chi connectivity index (χ1n) is 5.14. The highest BCUT2D eigenvalue weighted by molar-refractivity contribution is 9.10. The number of anilines is 2. The smallest absolute Gasteiger partial charge is 0.243 e. The predicted molar refractivity (Wildman–Crippen MR) is 66.8 cm³/mol. The quantitative estimate of drug-likeness (QED) is 0.928. The number of amides is 1. The van der Waals surface area contributed by atoms with Crippen LogP contribution in [0, 0.1) is 5.82 Å². The van der Waals surface area contributed by atoms with E-state index in [4.69, 9.17) is 4.74 Å². The van der Waals surface area contributed by atoms with E-state index < -0.39 is 0 Å². The second kappa shape index (κ2) is 5.01. The maximum absolute atomic E-state index is 13.5. The lowest BCUT2D eigenvalue weighted by molar-refractivity contribution is -0.115. The van der Waals surface area contributed by atoms with E-state index in [1.54, 1.807) is 18.1 Å². The topological polar surface area (TPSA) is 41.6 Å². The SMILES string of the molecule is COCCN1CC(=O)Nc2cc(Br)c(F)cc21. The molecule has 1 aliphatic rings. The van der Waals surface area contributed by atoms with Crippen molar-refractivity contribution in [1.82, 2.24) is 0 Å². The average Bonchev–Trinajstić information content (AvgIpc) is 2.28. The Bertz CT molecular complexity index is 453. The van der Waals surface area contributed by atoms with Crippen LogP contribution >= 0.6 is 15.9 Å². The van der Waals surface area contributed by atoms with Gasteiger partial charge >= 0.3 is 0 Å². The molecule has 0 saturated heterocycles. The number of carbonyl (C=O) groups is 1. The van der Waals surface area contributed by atoms with Gasteiger partial charge in [-0.3, -0.25) is 4.79 Å². The lowest BCUT2D eigenvalue weighted by Crippen LogP contribution is -2.40. The molecule has 0 spiro atoms. The molecule has 0 radical (unpaired) electrons. The molecule has 0 bridgehead atoms. The Morgan fingerprint density at radius 1 is 1.59 bits per heavy atom. The molecule has 2 rings (SSSR count). The number of nitrogens with zero attached hydrogens (tertiary/aromatic N) is 1. The Balaban J connectivity index is 2.34. The highest BCUT2D eigenvalue weighted by atomic mass is 79.9. The zero-order valence-corrected chi connectivity index (χ0v) is 10.9. The van der Waals surface area contributed by atoms with Crippen LogP contribution in [0.5, 0.6) is 0 Å². The molecule has 6 heteroatoms. The molecule has 92 valence electrons. The normalized spacial score (nSPS) is 14.5. The summed E-state index contributed by atoms with van der Waals surface area (Å²) in [6, 6.07) is 2.98. The molecule has 1 aliphatic heterocycles. The minimum atomic E-state index is -0.345. The van der Waals surface area contributed by atoms with Gasteiger partial charge in [0.25, 0.3) is 0 Å². The highest BCUT2D eigenvalue weighted by Gasteiger charge is 2.23. The average molecular weight is 303 g/mol.